The highest BCUT2D eigenvalue weighted by Crippen LogP contribution is 2.24. The monoisotopic (exact) mass is 333 g/mol. The first-order valence-corrected chi connectivity index (χ1v) is 8.39. The van der Waals surface area contributed by atoms with Crippen molar-refractivity contribution in [2.24, 2.45) is 0 Å². The Bertz CT molecular complexity index is 532. The van der Waals surface area contributed by atoms with E-state index >= 15 is 0 Å². The van der Waals surface area contributed by atoms with Gasteiger partial charge in [0.25, 0.3) is 0 Å². The fraction of sp³-hybridized carbons (Fsp3) is 0.500. The van der Waals surface area contributed by atoms with Crippen LogP contribution < -0.4 is 5.32 Å². The molecule has 2 N–H and O–H groups in total. The first-order chi connectivity index (χ1) is 8.39. The molecule has 1 aromatic carbocycles. The van der Waals surface area contributed by atoms with Crippen LogP contribution >= 0.6 is 15.9 Å². The number of hydrogen-bond donors (Lipinski definition) is 2. The number of rotatable bonds is 3. The van der Waals surface area contributed by atoms with Crippen LogP contribution in [0, 0.1) is 0 Å². The molecule has 0 saturated carbocycles. The summed E-state index contributed by atoms with van der Waals surface area (Å²) in [7, 11) is -3.11. The predicted octanol–water partition coefficient (Wildman–Crippen LogP) is 1.26. The number of sulfone groups is 1. The van der Waals surface area contributed by atoms with Gasteiger partial charge in [-0.15, -0.1) is 0 Å². The first-order valence-electron chi connectivity index (χ1n) is 5.78. The molecule has 1 fully saturated rings. The molecule has 2 rings (SSSR count). The van der Waals surface area contributed by atoms with E-state index in [4.69, 9.17) is 0 Å². The van der Waals surface area contributed by atoms with E-state index in [2.05, 4.69) is 21.2 Å². The summed E-state index contributed by atoms with van der Waals surface area (Å²) >= 11 is 3.46. The third kappa shape index (κ3) is 3.12. The van der Waals surface area contributed by atoms with Gasteiger partial charge in [0.15, 0.2) is 9.84 Å². The molecule has 1 aliphatic heterocycles. The van der Waals surface area contributed by atoms with Crippen molar-refractivity contribution in [3.63, 3.8) is 0 Å². The van der Waals surface area contributed by atoms with Gasteiger partial charge < -0.3 is 10.4 Å². The molecule has 1 saturated heterocycles. The molecule has 1 heterocycles. The Balaban J connectivity index is 2.09. The molecule has 2 unspecified atom stereocenters. The molecule has 4 nitrogen and oxygen atoms in total. The summed E-state index contributed by atoms with van der Waals surface area (Å²) in [6, 6.07) is 7.35. The fourth-order valence-electron chi connectivity index (χ4n) is 2.23. The Labute approximate surface area is 115 Å². The van der Waals surface area contributed by atoms with Gasteiger partial charge in [0.2, 0.25) is 0 Å². The van der Waals surface area contributed by atoms with Crippen molar-refractivity contribution < 1.29 is 13.5 Å². The van der Waals surface area contributed by atoms with Gasteiger partial charge in [-0.1, -0.05) is 34.1 Å². The van der Waals surface area contributed by atoms with Gasteiger partial charge in [0, 0.05) is 16.6 Å². The summed E-state index contributed by atoms with van der Waals surface area (Å²) in [5.74, 6) is -0.143. The Morgan fingerprint density at radius 1 is 1.39 bits per heavy atom. The van der Waals surface area contributed by atoms with Crippen molar-refractivity contribution in [1.29, 1.82) is 0 Å². The van der Waals surface area contributed by atoms with E-state index in [-0.39, 0.29) is 17.5 Å². The second-order valence-electron chi connectivity index (χ2n) is 4.66. The lowest BCUT2D eigenvalue weighted by Gasteiger charge is -2.22. The van der Waals surface area contributed by atoms with E-state index in [1.165, 1.54) is 0 Å². The summed E-state index contributed by atoms with van der Waals surface area (Å²) in [4.78, 5) is 0. The van der Waals surface area contributed by atoms with Crippen molar-refractivity contribution in [2.45, 2.75) is 25.1 Å². The largest absolute Gasteiger partial charge is 0.390 e. The van der Waals surface area contributed by atoms with Crippen molar-refractivity contribution in [1.82, 2.24) is 5.32 Å². The maximum atomic E-state index is 11.4. The van der Waals surface area contributed by atoms with E-state index in [9.17, 15) is 13.5 Å². The molecule has 0 spiro atoms. The average molecular weight is 334 g/mol. The minimum atomic E-state index is -3.11. The van der Waals surface area contributed by atoms with Gasteiger partial charge in [0.05, 0.1) is 17.6 Å². The van der Waals surface area contributed by atoms with Crippen molar-refractivity contribution in [2.75, 3.05) is 11.5 Å². The molecular weight excluding hydrogens is 318 g/mol. The summed E-state index contributed by atoms with van der Waals surface area (Å²) in [5, 5.41) is 12.9. The van der Waals surface area contributed by atoms with Crippen molar-refractivity contribution in [3.05, 3.63) is 34.3 Å². The normalized spacial score (nSPS) is 28.2. The topological polar surface area (TPSA) is 66.4 Å². The van der Waals surface area contributed by atoms with Gasteiger partial charge >= 0.3 is 0 Å². The molecule has 100 valence electrons. The minimum absolute atomic E-state index is 0.00294. The van der Waals surface area contributed by atoms with E-state index in [0.29, 0.717) is 0 Å². The van der Waals surface area contributed by atoms with Crippen LogP contribution in [0.15, 0.2) is 28.7 Å². The number of benzene rings is 1. The lowest BCUT2D eigenvalue weighted by molar-refractivity contribution is 0.160. The van der Waals surface area contributed by atoms with Crippen LogP contribution in [0.3, 0.4) is 0 Å². The number of aliphatic hydroxyl groups excluding tert-OH is 1. The lowest BCUT2D eigenvalue weighted by Crippen LogP contribution is -2.40. The van der Waals surface area contributed by atoms with Crippen LogP contribution in [0.25, 0.3) is 0 Å². The van der Waals surface area contributed by atoms with Gasteiger partial charge in [0.1, 0.15) is 0 Å². The molecule has 0 radical (unpaired) electrons. The maximum absolute atomic E-state index is 11.4. The van der Waals surface area contributed by atoms with Gasteiger partial charge in [-0.3, -0.25) is 0 Å². The third-order valence-electron chi connectivity index (χ3n) is 3.16. The zero-order valence-electron chi connectivity index (χ0n) is 10.0. The molecule has 0 bridgehead atoms. The number of hydrogen-bond acceptors (Lipinski definition) is 4. The number of aliphatic hydroxyl groups is 1. The molecule has 1 aliphatic rings. The molecule has 0 aromatic heterocycles. The summed E-state index contributed by atoms with van der Waals surface area (Å²) in [6.07, 6.45) is -0.820. The Morgan fingerprint density at radius 2 is 2.06 bits per heavy atom. The van der Waals surface area contributed by atoms with Crippen LogP contribution in [-0.2, 0) is 9.84 Å². The fourth-order valence-corrected chi connectivity index (χ4v) is 4.61. The van der Waals surface area contributed by atoms with Gasteiger partial charge in [-0.25, -0.2) is 8.42 Å². The second kappa shape index (κ2) is 5.28. The van der Waals surface area contributed by atoms with E-state index in [1.807, 2.05) is 31.2 Å². The van der Waals surface area contributed by atoms with Crippen molar-refractivity contribution in [3.8, 4) is 0 Å². The van der Waals surface area contributed by atoms with Crippen molar-refractivity contribution >= 4 is 25.8 Å². The van der Waals surface area contributed by atoms with Crippen LogP contribution in [0.2, 0.25) is 0 Å². The highest BCUT2D eigenvalue weighted by atomic mass is 79.9. The summed E-state index contributed by atoms with van der Waals surface area (Å²) in [5.41, 5.74) is 1.05. The molecule has 18 heavy (non-hydrogen) atoms. The summed E-state index contributed by atoms with van der Waals surface area (Å²) < 4.78 is 23.8. The summed E-state index contributed by atoms with van der Waals surface area (Å²) in [6.45, 7) is 1.96. The predicted molar refractivity (Wildman–Crippen MR) is 74.1 cm³/mol. The van der Waals surface area contributed by atoms with Gasteiger partial charge in [-0.05, 0) is 18.6 Å². The zero-order valence-corrected chi connectivity index (χ0v) is 12.4. The van der Waals surface area contributed by atoms with Crippen LogP contribution in [-0.4, -0.2) is 37.2 Å². The number of nitrogens with one attached hydrogen (secondary N) is 1. The Kier molecular flexibility index (Phi) is 4.11. The third-order valence-corrected chi connectivity index (χ3v) is 5.60. The molecule has 6 heteroatoms. The quantitative estimate of drug-likeness (QED) is 0.873. The SMILES string of the molecule is C[C@@H](NC1CS(=O)(=O)CC1O)c1ccccc1Br. The Morgan fingerprint density at radius 3 is 2.61 bits per heavy atom. The lowest BCUT2D eigenvalue weighted by atomic mass is 10.1. The van der Waals surface area contributed by atoms with E-state index in [0.717, 1.165) is 10.0 Å². The van der Waals surface area contributed by atoms with Crippen LogP contribution in [0.5, 0.6) is 0 Å². The maximum Gasteiger partial charge on any atom is 0.154 e. The Hall–Kier alpha value is -0.430. The van der Waals surface area contributed by atoms with E-state index < -0.39 is 22.0 Å². The second-order valence-corrected chi connectivity index (χ2v) is 7.67. The zero-order chi connectivity index (χ0) is 13.3. The standard InChI is InChI=1S/C12H16BrNO3S/c1-8(9-4-2-3-5-10(9)13)14-11-6-18(16,17)7-12(11)15/h2-5,8,11-12,14-15H,6-7H2,1H3/t8-,11?,12?/m1/s1. The van der Waals surface area contributed by atoms with E-state index in [1.54, 1.807) is 0 Å². The first kappa shape index (κ1) is 14.0. The molecule has 0 amide bonds. The molecule has 0 aliphatic carbocycles. The highest BCUT2D eigenvalue weighted by Gasteiger charge is 2.37. The molecule has 1 aromatic rings. The molecule has 3 atom stereocenters. The highest BCUT2D eigenvalue weighted by molar-refractivity contribution is 9.10. The smallest absolute Gasteiger partial charge is 0.154 e. The molecular formula is C12H16BrNO3S. The van der Waals surface area contributed by atoms with Gasteiger partial charge in [-0.2, -0.15) is 0 Å². The average Bonchev–Trinajstić information content (AvgIpc) is 2.52. The van der Waals surface area contributed by atoms with Crippen LogP contribution in [0.4, 0.5) is 0 Å². The van der Waals surface area contributed by atoms with Crippen LogP contribution in [0.1, 0.15) is 18.5 Å². The number of halogens is 1. The minimum Gasteiger partial charge on any atom is -0.390 e.